The predicted octanol–water partition coefficient (Wildman–Crippen LogP) is 5.58. The van der Waals surface area contributed by atoms with Crippen molar-refractivity contribution in [2.45, 2.75) is 53.9 Å². The Bertz CT molecular complexity index is 1220. The minimum absolute atomic E-state index is 0.0450. The first kappa shape index (κ1) is 23.6. The fourth-order valence-corrected chi connectivity index (χ4v) is 5.46. The summed E-state index contributed by atoms with van der Waals surface area (Å²) in [5.41, 5.74) is 2.32. The van der Waals surface area contributed by atoms with E-state index in [9.17, 15) is 19.7 Å². The number of carbonyl (C=O) groups is 2. The van der Waals surface area contributed by atoms with Crippen LogP contribution in [-0.4, -0.2) is 22.5 Å². The van der Waals surface area contributed by atoms with Crippen molar-refractivity contribution in [3.8, 4) is 0 Å². The third-order valence-electron chi connectivity index (χ3n) is 8.49. The molecule has 2 fully saturated rings. The molecule has 2 unspecified atom stereocenters. The number of hydrogen-bond donors (Lipinski definition) is 1. The van der Waals surface area contributed by atoms with Crippen LogP contribution in [0.1, 0.15) is 61.5 Å². The van der Waals surface area contributed by atoms with Crippen LogP contribution in [0.15, 0.2) is 47.6 Å². The summed E-state index contributed by atoms with van der Waals surface area (Å²) in [6.45, 7) is 10.3. The highest BCUT2D eigenvalue weighted by molar-refractivity contribution is 6.06. The molecule has 1 amide bonds. The molecule has 2 aromatic rings. The summed E-state index contributed by atoms with van der Waals surface area (Å²) in [4.78, 5) is 41.6. The van der Waals surface area contributed by atoms with Crippen LogP contribution in [0.5, 0.6) is 0 Å². The normalized spacial score (nSPS) is 25.9. The second-order valence-electron chi connectivity index (χ2n) is 10.2. The summed E-state index contributed by atoms with van der Waals surface area (Å²) in [5, 5.41) is 18.2. The molecule has 0 saturated heterocycles. The first-order chi connectivity index (χ1) is 15.9. The molecule has 2 atom stereocenters. The van der Waals surface area contributed by atoms with Crippen molar-refractivity contribution < 1.29 is 19.3 Å². The van der Waals surface area contributed by atoms with Crippen LogP contribution in [0, 0.1) is 40.2 Å². The van der Waals surface area contributed by atoms with Gasteiger partial charge in [-0.15, -0.1) is 0 Å². The Kier molecular flexibility index (Phi) is 5.58. The molecule has 2 aliphatic rings. The van der Waals surface area contributed by atoms with Crippen LogP contribution < -0.4 is 5.32 Å². The van der Waals surface area contributed by atoms with E-state index in [4.69, 9.17) is 4.84 Å². The van der Waals surface area contributed by atoms with E-state index in [-0.39, 0.29) is 17.2 Å². The summed E-state index contributed by atoms with van der Waals surface area (Å²) >= 11 is 0. The van der Waals surface area contributed by atoms with Crippen molar-refractivity contribution in [2.75, 3.05) is 5.32 Å². The molecule has 8 heteroatoms. The standard InChI is InChI=1S/C26H29N3O5/c1-16-6-9-19(14-17(16)2)27-23(31)26-13-12-25(5,24(26,3)4)21(15-26)28-34-22(30)18-7-10-20(11-8-18)29(32)33/h6-11,14H,12-13,15H2,1-5H3,(H,27,31). The molecule has 0 radical (unpaired) electrons. The minimum atomic E-state index is -0.694. The average molecular weight is 464 g/mol. The molecule has 0 spiro atoms. The van der Waals surface area contributed by atoms with Gasteiger partial charge in [0.1, 0.15) is 0 Å². The second kappa shape index (κ2) is 8.04. The topological polar surface area (TPSA) is 111 Å². The zero-order valence-corrected chi connectivity index (χ0v) is 20.1. The molecule has 0 aliphatic heterocycles. The quantitative estimate of drug-likeness (QED) is 0.353. The smallest absolute Gasteiger partial charge is 0.326 e. The van der Waals surface area contributed by atoms with Gasteiger partial charge in [-0.3, -0.25) is 14.9 Å². The number of fused-ring (bicyclic) bond motifs is 2. The van der Waals surface area contributed by atoms with Gasteiger partial charge >= 0.3 is 5.97 Å². The monoisotopic (exact) mass is 463 g/mol. The predicted molar refractivity (Wildman–Crippen MR) is 129 cm³/mol. The number of benzene rings is 2. The molecule has 0 aromatic heterocycles. The lowest BCUT2D eigenvalue weighted by Gasteiger charge is -2.39. The number of oxime groups is 1. The molecule has 4 rings (SSSR count). The number of amides is 1. The molecule has 1 N–H and O–H groups in total. The lowest BCUT2D eigenvalue weighted by atomic mass is 9.64. The number of hydrogen-bond acceptors (Lipinski definition) is 6. The number of rotatable bonds is 5. The van der Waals surface area contributed by atoms with E-state index in [1.807, 2.05) is 32.0 Å². The van der Waals surface area contributed by atoms with Crippen molar-refractivity contribution in [3.05, 3.63) is 69.3 Å². The van der Waals surface area contributed by atoms with Gasteiger partial charge in [-0.05, 0) is 67.5 Å². The van der Waals surface area contributed by atoms with Crippen LogP contribution in [0.4, 0.5) is 11.4 Å². The van der Waals surface area contributed by atoms with Crippen molar-refractivity contribution >= 4 is 29.0 Å². The maximum atomic E-state index is 13.6. The van der Waals surface area contributed by atoms with Crippen LogP contribution in [0.2, 0.25) is 0 Å². The van der Waals surface area contributed by atoms with Gasteiger partial charge in [0.25, 0.3) is 5.69 Å². The van der Waals surface area contributed by atoms with Gasteiger partial charge in [0.05, 0.1) is 21.6 Å². The first-order valence-corrected chi connectivity index (χ1v) is 11.3. The SMILES string of the molecule is Cc1ccc(NC(=O)C23CCC(C)(C(=NOC(=O)c4ccc([N+](=O)[O-])cc4)C2)C3(C)C)cc1C. The molecule has 2 aromatic carbocycles. The molecular formula is C26H29N3O5. The van der Waals surface area contributed by atoms with Crippen molar-refractivity contribution in [3.63, 3.8) is 0 Å². The maximum absolute atomic E-state index is 13.6. The average Bonchev–Trinajstić information content (AvgIpc) is 3.10. The Morgan fingerprint density at radius 2 is 1.71 bits per heavy atom. The number of carbonyl (C=O) groups excluding carboxylic acids is 2. The Morgan fingerprint density at radius 1 is 1.03 bits per heavy atom. The summed E-state index contributed by atoms with van der Waals surface area (Å²) < 4.78 is 0. The lowest BCUT2D eigenvalue weighted by molar-refractivity contribution is -0.384. The number of nitrogens with zero attached hydrogens (tertiary/aromatic N) is 2. The number of nitro benzene ring substituents is 1. The van der Waals surface area contributed by atoms with Gasteiger partial charge in [-0.25, -0.2) is 4.79 Å². The van der Waals surface area contributed by atoms with E-state index in [0.29, 0.717) is 12.1 Å². The maximum Gasteiger partial charge on any atom is 0.365 e. The van der Waals surface area contributed by atoms with Crippen LogP contribution in [0.25, 0.3) is 0 Å². The molecule has 178 valence electrons. The molecule has 2 saturated carbocycles. The largest absolute Gasteiger partial charge is 0.365 e. The molecule has 2 aliphatic carbocycles. The van der Waals surface area contributed by atoms with Gasteiger partial charge in [0.15, 0.2) is 0 Å². The second-order valence-corrected chi connectivity index (χ2v) is 10.2. The zero-order chi connectivity index (χ0) is 24.9. The summed E-state index contributed by atoms with van der Waals surface area (Å²) in [6, 6.07) is 11.0. The van der Waals surface area contributed by atoms with Gasteiger partial charge < -0.3 is 10.2 Å². The highest BCUT2D eigenvalue weighted by atomic mass is 16.7. The minimum Gasteiger partial charge on any atom is -0.326 e. The number of non-ortho nitro benzene ring substituents is 1. The Balaban J connectivity index is 1.56. The number of anilines is 1. The van der Waals surface area contributed by atoms with E-state index < -0.39 is 27.1 Å². The molecule has 34 heavy (non-hydrogen) atoms. The van der Waals surface area contributed by atoms with Gasteiger partial charge in [-0.1, -0.05) is 32.0 Å². The van der Waals surface area contributed by atoms with Gasteiger partial charge in [0, 0.05) is 29.7 Å². The first-order valence-electron chi connectivity index (χ1n) is 11.3. The van der Waals surface area contributed by atoms with Crippen LogP contribution in [-0.2, 0) is 9.63 Å². The van der Waals surface area contributed by atoms with Crippen molar-refractivity contribution in [1.29, 1.82) is 0 Å². The molecule has 0 heterocycles. The Labute approximate surface area is 198 Å². The number of nitro groups is 1. The fraction of sp³-hybridized carbons (Fsp3) is 0.423. The molecule has 8 nitrogen and oxygen atoms in total. The van der Waals surface area contributed by atoms with Gasteiger partial charge in [0.2, 0.25) is 5.91 Å². The number of aryl methyl sites for hydroxylation is 2. The van der Waals surface area contributed by atoms with E-state index >= 15 is 0 Å². The molecular weight excluding hydrogens is 434 g/mol. The van der Waals surface area contributed by atoms with E-state index in [1.54, 1.807) is 0 Å². The summed E-state index contributed by atoms with van der Waals surface area (Å²) in [6.07, 6.45) is 1.89. The molecule has 2 bridgehead atoms. The Morgan fingerprint density at radius 3 is 2.32 bits per heavy atom. The number of nitrogens with one attached hydrogen (secondary N) is 1. The van der Waals surface area contributed by atoms with E-state index in [1.165, 1.54) is 24.3 Å². The third-order valence-corrected chi connectivity index (χ3v) is 8.49. The summed E-state index contributed by atoms with van der Waals surface area (Å²) in [5.74, 6) is -0.739. The Hall–Kier alpha value is -3.55. The van der Waals surface area contributed by atoms with Crippen LogP contribution >= 0.6 is 0 Å². The van der Waals surface area contributed by atoms with E-state index in [0.717, 1.165) is 29.7 Å². The van der Waals surface area contributed by atoms with Crippen LogP contribution in [0.3, 0.4) is 0 Å². The fourth-order valence-electron chi connectivity index (χ4n) is 5.46. The highest BCUT2D eigenvalue weighted by Crippen LogP contribution is 2.71. The van der Waals surface area contributed by atoms with Crippen molar-refractivity contribution in [2.24, 2.45) is 21.4 Å². The van der Waals surface area contributed by atoms with Crippen molar-refractivity contribution in [1.82, 2.24) is 0 Å². The summed E-state index contributed by atoms with van der Waals surface area (Å²) in [7, 11) is 0. The third kappa shape index (κ3) is 3.48. The van der Waals surface area contributed by atoms with Gasteiger partial charge in [-0.2, -0.15) is 0 Å². The lowest BCUT2D eigenvalue weighted by Crippen LogP contribution is -2.43. The zero-order valence-electron chi connectivity index (χ0n) is 20.1. The van der Waals surface area contributed by atoms with E-state index in [2.05, 4.69) is 31.2 Å². The highest BCUT2D eigenvalue weighted by Gasteiger charge is 2.71.